The van der Waals surface area contributed by atoms with Crippen LogP contribution in [0.3, 0.4) is 0 Å². The molecule has 1 spiro atoms. The summed E-state index contributed by atoms with van der Waals surface area (Å²) >= 11 is 0. The van der Waals surface area contributed by atoms with Crippen molar-refractivity contribution in [1.29, 1.82) is 0 Å². The Morgan fingerprint density at radius 1 is 1.09 bits per heavy atom. The van der Waals surface area contributed by atoms with Crippen LogP contribution in [-0.2, 0) is 26.3 Å². The predicted octanol–water partition coefficient (Wildman–Crippen LogP) is 2.76. The van der Waals surface area contributed by atoms with E-state index in [1.807, 2.05) is 27.8 Å². The molecule has 0 aliphatic carbocycles. The van der Waals surface area contributed by atoms with Crippen LogP contribution in [0.2, 0.25) is 0 Å². The van der Waals surface area contributed by atoms with Crippen LogP contribution >= 0.6 is 0 Å². The minimum Gasteiger partial charge on any atom is -0.379 e. The van der Waals surface area contributed by atoms with E-state index in [0.29, 0.717) is 12.5 Å². The molecule has 7 heteroatoms. The molecule has 1 amide bonds. The van der Waals surface area contributed by atoms with Crippen molar-refractivity contribution in [1.82, 2.24) is 19.6 Å². The summed E-state index contributed by atoms with van der Waals surface area (Å²) in [5.41, 5.74) is 3.06. The van der Waals surface area contributed by atoms with Gasteiger partial charge in [-0.15, -0.1) is 0 Å². The number of hydrogen-bond donors (Lipinski definition) is 0. The van der Waals surface area contributed by atoms with E-state index in [1.165, 1.54) is 5.56 Å². The number of nitrogens with zero attached hydrogens (tertiary/aromatic N) is 4. The highest BCUT2D eigenvalue weighted by Crippen LogP contribution is 2.41. The fraction of sp³-hybridized carbons (Fsp3) is 0.600. The molecule has 1 aromatic carbocycles. The highest BCUT2D eigenvalue weighted by atomic mass is 16.5. The molecule has 2 saturated heterocycles. The van der Waals surface area contributed by atoms with E-state index < -0.39 is 0 Å². The van der Waals surface area contributed by atoms with Crippen LogP contribution in [0.15, 0.2) is 36.5 Å². The van der Waals surface area contributed by atoms with Gasteiger partial charge in [-0.2, -0.15) is 5.10 Å². The largest absolute Gasteiger partial charge is 0.379 e. The van der Waals surface area contributed by atoms with Crippen molar-refractivity contribution in [2.24, 2.45) is 0 Å². The lowest BCUT2D eigenvalue weighted by Gasteiger charge is -2.43. The van der Waals surface area contributed by atoms with E-state index in [1.54, 1.807) is 0 Å². The van der Waals surface area contributed by atoms with Crippen LogP contribution in [0.5, 0.6) is 0 Å². The third-order valence-corrected chi connectivity index (χ3v) is 7.36. The van der Waals surface area contributed by atoms with Crippen LogP contribution in [0.4, 0.5) is 0 Å². The highest BCUT2D eigenvalue weighted by molar-refractivity contribution is 5.76. The summed E-state index contributed by atoms with van der Waals surface area (Å²) in [5.74, 6) is 0.269. The highest BCUT2D eigenvalue weighted by Gasteiger charge is 2.44. The van der Waals surface area contributed by atoms with E-state index in [-0.39, 0.29) is 11.5 Å². The van der Waals surface area contributed by atoms with Crippen molar-refractivity contribution in [3.8, 4) is 5.69 Å². The maximum absolute atomic E-state index is 12.9. The van der Waals surface area contributed by atoms with Crippen LogP contribution in [0.1, 0.15) is 43.9 Å². The summed E-state index contributed by atoms with van der Waals surface area (Å²) in [6.07, 6.45) is 6.20. The first-order valence-corrected chi connectivity index (χ1v) is 12.0. The number of aromatic nitrogens is 2. The maximum Gasteiger partial charge on any atom is 0.222 e. The average Bonchev–Trinajstić information content (AvgIpc) is 3.30. The van der Waals surface area contributed by atoms with Crippen molar-refractivity contribution in [3.63, 3.8) is 0 Å². The number of carbonyl (C=O) groups excluding carboxylic acids is 1. The van der Waals surface area contributed by atoms with Crippen molar-refractivity contribution in [2.45, 2.75) is 50.7 Å². The summed E-state index contributed by atoms with van der Waals surface area (Å²) in [5, 5.41) is 4.95. The van der Waals surface area contributed by atoms with Gasteiger partial charge < -0.3 is 14.4 Å². The van der Waals surface area contributed by atoms with Gasteiger partial charge in [0.25, 0.3) is 0 Å². The molecule has 1 aromatic heterocycles. The summed E-state index contributed by atoms with van der Waals surface area (Å²) in [4.78, 5) is 17.4. The first-order chi connectivity index (χ1) is 15.6. The minimum atomic E-state index is -0.356. The quantitative estimate of drug-likeness (QED) is 0.719. The Bertz CT molecular complexity index is 915. The number of hydrogen-bond acceptors (Lipinski definition) is 5. The fourth-order valence-electron chi connectivity index (χ4n) is 5.30. The zero-order valence-corrected chi connectivity index (χ0v) is 19.0. The first kappa shape index (κ1) is 21.6. The van der Waals surface area contributed by atoms with E-state index in [2.05, 4.69) is 30.2 Å². The van der Waals surface area contributed by atoms with Crippen LogP contribution in [0, 0.1) is 0 Å². The number of carbonyl (C=O) groups is 1. The lowest BCUT2D eigenvalue weighted by molar-refractivity contribution is -0.141. The number of amides is 1. The van der Waals surface area contributed by atoms with Gasteiger partial charge in [-0.05, 0) is 50.3 Å². The lowest BCUT2D eigenvalue weighted by Crippen LogP contribution is -2.48. The van der Waals surface area contributed by atoms with Crippen molar-refractivity contribution < 1.29 is 14.3 Å². The number of fused-ring (bicyclic) bond motifs is 2. The molecule has 2 fully saturated rings. The molecule has 5 rings (SSSR count). The monoisotopic (exact) mass is 438 g/mol. The van der Waals surface area contributed by atoms with Crippen LogP contribution in [-0.4, -0.2) is 77.5 Å². The van der Waals surface area contributed by atoms with Gasteiger partial charge in [0, 0.05) is 44.8 Å². The number of likely N-dealkylation sites (tertiary alicyclic amines) is 1. The Morgan fingerprint density at radius 2 is 1.84 bits per heavy atom. The number of ether oxygens (including phenoxy) is 2. The first-order valence-electron chi connectivity index (χ1n) is 12.0. The molecule has 3 aliphatic rings. The standard InChI is InChI=1S/C25H34N4O3/c1-20(27-14-17-31-18-15-27)7-8-23(30)28-12-10-25(11-13-28)24-21(9-16-32-25)19-29(26-24)22-5-3-2-4-6-22/h2-6,19-20H,7-18H2,1H3. The number of benzene rings is 1. The van der Waals surface area contributed by atoms with E-state index in [0.717, 1.165) is 83.1 Å². The molecular weight excluding hydrogens is 404 g/mol. The second-order valence-corrected chi connectivity index (χ2v) is 9.29. The van der Waals surface area contributed by atoms with Gasteiger partial charge in [0.05, 0.1) is 31.2 Å². The van der Waals surface area contributed by atoms with Gasteiger partial charge in [0.15, 0.2) is 0 Å². The van der Waals surface area contributed by atoms with Crippen molar-refractivity contribution in [2.75, 3.05) is 46.0 Å². The van der Waals surface area contributed by atoms with Gasteiger partial charge in [-0.3, -0.25) is 9.69 Å². The summed E-state index contributed by atoms with van der Waals surface area (Å²) in [7, 11) is 0. The smallest absolute Gasteiger partial charge is 0.222 e. The molecule has 1 atom stereocenters. The van der Waals surface area contributed by atoms with E-state index in [9.17, 15) is 4.79 Å². The molecule has 4 heterocycles. The molecule has 0 saturated carbocycles. The van der Waals surface area contributed by atoms with E-state index in [4.69, 9.17) is 14.6 Å². The number of morpholine rings is 1. The molecule has 0 bridgehead atoms. The van der Waals surface area contributed by atoms with Crippen LogP contribution < -0.4 is 0 Å². The number of piperidine rings is 1. The van der Waals surface area contributed by atoms with Gasteiger partial charge in [-0.1, -0.05) is 18.2 Å². The summed E-state index contributed by atoms with van der Waals surface area (Å²) < 4.78 is 13.8. The second-order valence-electron chi connectivity index (χ2n) is 9.29. The maximum atomic E-state index is 12.9. The lowest BCUT2D eigenvalue weighted by atomic mass is 9.83. The topological polar surface area (TPSA) is 59.8 Å². The third kappa shape index (κ3) is 4.34. The van der Waals surface area contributed by atoms with Crippen molar-refractivity contribution >= 4 is 5.91 Å². The van der Waals surface area contributed by atoms with Gasteiger partial charge >= 0.3 is 0 Å². The summed E-state index contributed by atoms with van der Waals surface area (Å²) in [6.45, 7) is 7.96. The molecule has 7 nitrogen and oxygen atoms in total. The normalized spacial score (nSPS) is 22.0. The Hall–Kier alpha value is -2.22. The zero-order valence-electron chi connectivity index (χ0n) is 19.0. The average molecular weight is 439 g/mol. The molecular formula is C25H34N4O3. The Balaban J connectivity index is 1.20. The van der Waals surface area contributed by atoms with Gasteiger partial charge in [0.1, 0.15) is 5.60 Å². The van der Waals surface area contributed by atoms with Crippen molar-refractivity contribution in [3.05, 3.63) is 47.8 Å². The Morgan fingerprint density at radius 3 is 2.59 bits per heavy atom. The minimum absolute atomic E-state index is 0.269. The number of para-hydroxylation sites is 1. The Kier molecular flexibility index (Phi) is 6.31. The third-order valence-electron chi connectivity index (χ3n) is 7.36. The molecule has 3 aliphatic heterocycles. The molecule has 172 valence electrons. The molecule has 32 heavy (non-hydrogen) atoms. The van der Waals surface area contributed by atoms with Crippen LogP contribution in [0.25, 0.3) is 5.69 Å². The Labute approximate surface area is 190 Å². The fourth-order valence-corrected chi connectivity index (χ4v) is 5.30. The van der Waals surface area contributed by atoms with Gasteiger partial charge in [0.2, 0.25) is 5.91 Å². The number of rotatable bonds is 5. The van der Waals surface area contributed by atoms with Gasteiger partial charge in [-0.25, -0.2) is 4.68 Å². The SMILES string of the molecule is CC(CCC(=O)N1CCC2(CC1)OCCc1cn(-c3ccccc3)nc12)N1CCOCC1. The zero-order chi connectivity index (χ0) is 22.0. The molecule has 0 radical (unpaired) electrons. The summed E-state index contributed by atoms with van der Waals surface area (Å²) in [6, 6.07) is 10.7. The van der Waals surface area contributed by atoms with E-state index >= 15 is 0 Å². The molecule has 1 unspecified atom stereocenters. The molecule has 0 N–H and O–H groups in total. The second kappa shape index (κ2) is 9.33. The molecule has 2 aromatic rings. The predicted molar refractivity (Wildman–Crippen MR) is 122 cm³/mol.